The minimum Gasteiger partial charge on any atom is -0.451 e. The SMILES string of the molecule is Cc1ccc2c(C)c(C(=O)NC[C@H](c3cccs3)N3CCCCC3)oc2c1. The largest absolute Gasteiger partial charge is 0.451 e. The van der Waals surface area contributed by atoms with E-state index < -0.39 is 0 Å². The van der Waals surface area contributed by atoms with Gasteiger partial charge in [0.15, 0.2) is 5.76 Å². The van der Waals surface area contributed by atoms with E-state index in [0.717, 1.165) is 35.2 Å². The number of piperidine rings is 1. The molecule has 27 heavy (non-hydrogen) atoms. The number of thiophene rings is 1. The Morgan fingerprint density at radius 1 is 1.22 bits per heavy atom. The van der Waals surface area contributed by atoms with Crippen molar-refractivity contribution in [1.29, 1.82) is 0 Å². The van der Waals surface area contributed by atoms with E-state index in [1.54, 1.807) is 11.3 Å². The highest BCUT2D eigenvalue weighted by Gasteiger charge is 2.25. The molecule has 0 saturated carbocycles. The van der Waals surface area contributed by atoms with Crippen molar-refractivity contribution in [2.24, 2.45) is 0 Å². The Morgan fingerprint density at radius 3 is 2.78 bits per heavy atom. The number of likely N-dealkylation sites (tertiary alicyclic amines) is 1. The molecule has 1 amide bonds. The van der Waals surface area contributed by atoms with Crippen LogP contribution in [0.2, 0.25) is 0 Å². The molecule has 0 radical (unpaired) electrons. The van der Waals surface area contributed by atoms with Crippen LogP contribution >= 0.6 is 11.3 Å². The van der Waals surface area contributed by atoms with Gasteiger partial charge in [0.1, 0.15) is 5.58 Å². The second-order valence-electron chi connectivity index (χ2n) is 7.39. The van der Waals surface area contributed by atoms with E-state index in [4.69, 9.17) is 4.42 Å². The topological polar surface area (TPSA) is 45.5 Å². The monoisotopic (exact) mass is 382 g/mol. The second kappa shape index (κ2) is 7.87. The van der Waals surface area contributed by atoms with Crippen molar-refractivity contribution in [3.8, 4) is 0 Å². The van der Waals surface area contributed by atoms with E-state index in [1.807, 2.05) is 26.0 Å². The first-order valence-corrected chi connectivity index (χ1v) is 10.6. The van der Waals surface area contributed by atoms with Gasteiger partial charge in [0.05, 0.1) is 6.04 Å². The molecule has 1 aromatic carbocycles. The number of nitrogens with zero attached hydrogens (tertiary/aromatic N) is 1. The van der Waals surface area contributed by atoms with Gasteiger partial charge in [-0.25, -0.2) is 0 Å². The molecule has 1 N–H and O–H groups in total. The first-order chi connectivity index (χ1) is 13.1. The lowest BCUT2D eigenvalue weighted by Crippen LogP contribution is -2.40. The van der Waals surface area contributed by atoms with Crippen LogP contribution in [0.15, 0.2) is 40.1 Å². The number of carbonyl (C=O) groups is 1. The molecule has 5 heteroatoms. The summed E-state index contributed by atoms with van der Waals surface area (Å²) in [6, 6.07) is 10.6. The van der Waals surface area contributed by atoms with Crippen molar-refractivity contribution in [2.75, 3.05) is 19.6 Å². The molecule has 3 heterocycles. The van der Waals surface area contributed by atoms with Crippen LogP contribution in [0.5, 0.6) is 0 Å². The van der Waals surface area contributed by atoms with Crippen molar-refractivity contribution in [3.63, 3.8) is 0 Å². The first kappa shape index (κ1) is 18.3. The normalized spacial score (nSPS) is 16.5. The Balaban J connectivity index is 1.52. The maximum atomic E-state index is 12.9. The zero-order valence-corrected chi connectivity index (χ0v) is 16.8. The fourth-order valence-electron chi connectivity index (χ4n) is 3.94. The lowest BCUT2D eigenvalue weighted by molar-refractivity contribution is 0.0899. The van der Waals surface area contributed by atoms with E-state index in [1.165, 1.54) is 24.1 Å². The molecule has 0 bridgehead atoms. The molecular formula is C22H26N2O2S. The number of rotatable bonds is 5. The van der Waals surface area contributed by atoms with Crippen molar-refractivity contribution in [3.05, 3.63) is 57.5 Å². The highest BCUT2D eigenvalue weighted by molar-refractivity contribution is 7.10. The van der Waals surface area contributed by atoms with Crippen molar-refractivity contribution >= 4 is 28.2 Å². The fourth-order valence-corrected chi connectivity index (χ4v) is 4.80. The highest BCUT2D eigenvalue weighted by atomic mass is 32.1. The smallest absolute Gasteiger partial charge is 0.287 e. The standard InChI is InChI=1S/C22H26N2O2S/c1-15-8-9-17-16(2)21(26-19(17)13-15)22(25)23-14-18(20-7-6-12-27-20)24-10-4-3-5-11-24/h6-9,12-13,18H,3-5,10-11,14H2,1-2H3,(H,23,25)/t18-/m1/s1. The van der Waals surface area contributed by atoms with Crippen LogP contribution in [0.3, 0.4) is 0 Å². The van der Waals surface area contributed by atoms with Crippen LogP contribution in [0, 0.1) is 13.8 Å². The van der Waals surface area contributed by atoms with E-state index in [-0.39, 0.29) is 11.9 Å². The summed E-state index contributed by atoms with van der Waals surface area (Å²) in [4.78, 5) is 16.7. The molecule has 1 saturated heterocycles. The first-order valence-electron chi connectivity index (χ1n) is 9.69. The van der Waals surface area contributed by atoms with Crippen LogP contribution < -0.4 is 5.32 Å². The van der Waals surface area contributed by atoms with Gasteiger partial charge in [0, 0.05) is 22.4 Å². The van der Waals surface area contributed by atoms with E-state index in [0.29, 0.717) is 12.3 Å². The highest BCUT2D eigenvalue weighted by Crippen LogP contribution is 2.29. The van der Waals surface area contributed by atoms with Gasteiger partial charge in [-0.1, -0.05) is 24.6 Å². The third-order valence-corrected chi connectivity index (χ3v) is 6.43. The number of furan rings is 1. The molecule has 0 aliphatic carbocycles. The molecule has 2 aromatic heterocycles. The molecule has 142 valence electrons. The average Bonchev–Trinajstić information content (AvgIpc) is 3.31. The second-order valence-corrected chi connectivity index (χ2v) is 8.37. The number of hydrogen-bond acceptors (Lipinski definition) is 4. The van der Waals surface area contributed by atoms with Crippen molar-refractivity contribution < 1.29 is 9.21 Å². The number of nitrogens with one attached hydrogen (secondary N) is 1. The number of aryl methyl sites for hydroxylation is 2. The van der Waals surface area contributed by atoms with E-state index in [9.17, 15) is 4.79 Å². The summed E-state index contributed by atoms with van der Waals surface area (Å²) in [5.74, 6) is 0.305. The van der Waals surface area contributed by atoms with Crippen LogP contribution in [-0.2, 0) is 0 Å². The quantitative estimate of drug-likeness (QED) is 0.670. The van der Waals surface area contributed by atoms with Gasteiger partial charge in [-0.3, -0.25) is 9.69 Å². The van der Waals surface area contributed by atoms with Crippen molar-refractivity contribution in [1.82, 2.24) is 10.2 Å². The molecule has 4 rings (SSSR count). The summed E-state index contributed by atoms with van der Waals surface area (Å²) in [6.45, 7) is 6.79. The molecule has 0 unspecified atom stereocenters. The number of fused-ring (bicyclic) bond motifs is 1. The van der Waals surface area contributed by atoms with Crippen LogP contribution in [0.1, 0.15) is 51.9 Å². The third kappa shape index (κ3) is 3.80. The van der Waals surface area contributed by atoms with Gasteiger partial charge >= 0.3 is 0 Å². The molecule has 0 spiro atoms. The summed E-state index contributed by atoms with van der Waals surface area (Å²) >= 11 is 1.76. The molecule has 3 aromatic rings. The van der Waals surface area contributed by atoms with Gasteiger partial charge in [-0.05, 0) is 62.9 Å². The van der Waals surface area contributed by atoms with Crippen LogP contribution in [0.25, 0.3) is 11.0 Å². The van der Waals surface area contributed by atoms with Gasteiger partial charge in [-0.15, -0.1) is 11.3 Å². The fraction of sp³-hybridized carbons (Fsp3) is 0.409. The predicted molar refractivity (Wildman–Crippen MR) is 111 cm³/mol. The summed E-state index contributed by atoms with van der Waals surface area (Å²) < 4.78 is 5.89. The minimum atomic E-state index is -0.125. The number of hydrogen-bond donors (Lipinski definition) is 1. The Labute approximate surface area is 164 Å². The van der Waals surface area contributed by atoms with E-state index in [2.05, 4.69) is 33.8 Å². The van der Waals surface area contributed by atoms with Crippen molar-refractivity contribution in [2.45, 2.75) is 39.2 Å². The number of carbonyl (C=O) groups excluding carboxylic acids is 1. The number of benzene rings is 1. The summed E-state index contributed by atoms with van der Waals surface area (Å²) in [7, 11) is 0. The Kier molecular flexibility index (Phi) is 5.32. The van der Waals surface area contributed by atoms with Crippen LogP contribution in [0.4, 0.5) is 0 Å². The average molecular weight is 383 g/mol. The maximum absolute atomic E-state index is 12.9. The van der Waals surface area contributed by atoms with Gasteiger partial charge in [0.25, 0.3) is 5.91 Å². The minimum absolute atomic E-state index is 0.125. The molecule has 1 aliphatic heterocycles. The molecule has 1 atom stereocenters. The Bertz CT molecular complexity index is 923. The lowest BCUT2D eigenvalue weighted by atomic mass is 10.1. The van der Waals surface area contributed by atoms with Gasteiger partial charge in [-0.2, -0.15) is 0 Å². The van der Waals surface area contributed by atoms with Crippen LogP contribution in [-0.4, -0.2) is 30.4 Å². The summed E-state index contributed by atoms with van der Waals surface area (Å²) in [5, 5.41) is 6.26. The summed E-state index contributed by atoms with van der Waals surface area (Å²) in [6.07, 6.45) is 3.77. The molecule has 1 fully saturated rings. The molecular weight excluding hydrogens is 356 g/mol. The lowest BCUT2D eigenvalue weighted by Gasteiger charge is -2.34. The maximum Gasteiger partial charge on any atom is 0.287 e. The molecule has 1 aliphatic rings. The van der Waals surface area contributed by atoms with Gasteiger partial charge in [0.2, 0.25) is 0 Å². The predicted octanol–water partition coefficient (Wildman–Crippen LogP) is 5.07. The zero-order chi connectivity index (χ0) is 18.8. The number of amides is 1. The zero-order valence-electron chi connectivity index (χ0n) is 16.0. The van der Waals surface area contributed by atoms with Gasteiger partial charge < -0.3 is 9.73 Å². The Hall–Kier alpha value is -2.11. The van der Waals surface area contributed by atoms with E-state index >= 15 is 0 Å². The third-order valence-electron chi connectivity index (χ3n) is 5.46. The molecule has 4 nitrogen and oxygen atoms in total. The Morgan fingerprint density at radius 2 is 2.04 bits per heavy atom. The summed E-state index contributed by atoms with van der Waals surface area (Å²) in [5.41, 5.74) is 2.82.